The van der Waals surface area contributed by atoms with Gasteiger partial charge in [-0.2, -0.15) is 23.4 Å². The van der Waals surface area contributed by atoms with Crippen molar-refractivity contribution < 1.29 is 26.1 Å². The van der Waals surface area contributed by atoms with E-state index in [-0.39, 0.29) is 18.3 Å². The molecular weight excluding hydrogens is 373 g/mol. The van der Waals surface area contributed by atoms with Gasteiger partial charge in [0.25, 0.3) is 0 Å². The molecule has 2 saturated carbocycles. The van der Waals surface area contributed by atoms with E-state index in [1.165, 1.54) is 0 Å². The van der Waals surface area contributed by atoms with Crippen LogP contribution in [0.1, 0.15) is 49.7 Å². The summed E-state index contributed by atoms with van der Waals surface area (Å²) in [5.74, 6) is -0.719. The molecule has 0 spiro atoms. The molecule has 0 amide bonds. The van der Waals surface area contributed by atoms with Crippen molar-refractivity contribution in [2.75, 3.05) is 18.8 Å². The molecule has 0 radical (unpaired) electrons. The predicted octanol–water partition coefficient (Wildman–Crippen LogP) is 2.09. The van der Waals surface area contributed by atoms with Crippen LogP contribution < -0.4 is 0 Å². The Bertz CT molecular complexity index is 867. The number of nitrogens with zero attached hydrogens (tertiary/aromatic N) is 4. The van der Waals surface area contributed by atoms with Gasteiger partial charge in [0.05, 0.1) is 17.2 Å². The fourth-order valence-electron chi connectivity index (χ4n) is 3.36. The van der Waals surface area contributed by atoms with Crippen LogP contribution in [-0.2, 0) is 15.4 Å². The van der Waals surface area contributed by atoms with Crippen molar-refractivity contribution in [2.24, 2.45) is 5.41 Å². The van der Waals surface area contributed by atoms with Gasteiger partial charge in [-0.15, -0.1) is 0 Å². The Kier molecular flexibility index (Phi) is 3.70. The maximum Gasteiger partial charge on any atom is 0.404 e. The van der Waals surface area contributed by atoms with Crippen molar-refractivity contribution in [1.29, 1.82) is 5.26 Å². The van der Waals surface area contributed by atoms with Crippen LogP contribution in [0, 0.1) is 16.7 Å². The van der Waals surface area contributed by atoms with Crippen LogP contribution in [0.3, 0.4) is 0 Å². The zero-order valence-electron chi connectivity index (χ0n) is 13.8. The molecule has 2 heterocycles. The highest BCUT2D eigenvalue weighted by Gasteiger charge is 2.64. The Morgan fingerprint density at radius 1 is 1.31 bits per heavy atom. The van der Waals surface area contributed by atoms with Crippen LogP contribution in [0.4, 0.5) is 13.2 Å². The summed E-state index contributed by atoms with van der Waals surface area (Å²) >= 11 is 0. The number of hydrogen-bond donors (Lipinski definition) is 0. The number of alkyl halides is 3. The van der Waals surface area contributed by atoms with E-state index < -0.39 is 51.6 Å². The smallest absolute Gasteiger partial charge is 0.338 e. The first-order valence-corrected chi connectivity index (χ1v) is 10.0. The van der Waals surface area contributed by atoms with Gasteiger partial charge in [-0.25, -0.2) is 12.7 Å². The molecule has 1 unspecified atom stereocenters. The third-order valence-corrected chi connectivity index (χ3v) is 7.53. The van der Waals surface area contributed by atoms with E-state index in [9.17, 15) is 21.6 Å². The zero-order chi connectivity index (χ0) is 18.8. The van der Waals surface area contributed by atoms with Crippen LogP contribution in [0.2, 0.25) is 0 Å². The summed E-state index contributed by atoms with van der Waals surface area (Å²) in [6, 6.07) is 1.97. The largest absolute Gasteiger partial charge is 0.404 e. The van der Waals surface area contributed by atoms with Gasteiger partial charge in [-0.1, -0.05) is 5.16 Å². The molecule has 1 aromatic rings. The molecule has 1 saturated heterocycles. The Labute approximate surface area is 148 Å². The molecule has 1 aliphatic heterocycles. The number of aromatic nitrogens is 2. The van der Waals surface area contributed by atoms with E-state index in [0.29, 0.717) is 12.8 Å². The number of nitriles is 1. The highest BCUT2D eigenvalue weighted by molar-refractivity contribution is 7.89. The minimum absolute atomic E-state index is 0.0318. The number of hydrogen-bond acceptors (Lipinski definition) is 6. The fourth-order valence-corrected chi connectivity index (χ4v) is 5.38. The molecule has 142 valence electrons. The highest BCUT2D eigenvalue weighted by atomic mass is 32.2. The van der Waals surface area contributed by atoms with Crippen molar-refractivity contribution in [3.63, 3.8) is 0 Å². The Balaban J connectivity index is 1.62. The summed E-state index contributed by atoms with van der Waals surface area (Å²) in [4.78, 5) is 3.94. The van der Waals surface area contributed by atoms with E-state index in [2.05, 4.69) is 10.1 Å². The molecule has 4 rings (SSSR count). The first kappa shape index (κ1) is 17.7. The second-order valence-electron chi connectivity index (χ2n) is 7.54. The van der Waals surface area contributed by atoms with Crippen molar-refractivity contribution in [2.45, 2.75) is 49.6 Å². The van der Waals surface area contributed by atoms with Crippen LogP contribution >= 0.6 is 0 Å². The second kappa shape index (κ2) is 5.42. The maximum atomic E-state index is 13.9. The lowest BCUT2D eigenvalue weighted by Gasteiger charge is -2.28. The summed E-state index contributed by atoms with van der Waals surface area (Å²) in [6.45, 7) is -1.07. The normalized spacial score (nSPS) is 28.8. The quantitative estimate of drug-likeness (QED) is 0.763. The summed E-state index contributed by atoms with van der Waals surface area (Å²) < 4.78 is 72.6. The molecule has 2 aliphatic carbocycles. The van der Waals surface area contributed by atoms with Gasteiger partial charge in [0.15, 0.2) is 11.2 Å². The van der Waals surface area contributed by atoms with Crippen LogP contribution in [0.25, 0.3) is 0 Å². The molecule has 3 aliphatic rings. The van der Waals surface area contributed by atoms with Gasteiger partial charge < -0.3 is 4.52 Å². The molecule has 11 heteroatoms. The first-order chi connectivity index (χ1) is 12.1. The molecule has 3 fully saturated rings. The summed E-state index contributed by atoms with van der Waals surface area (Å²) in [5, 5.41) is 12.7. The molecule has 0 bridgehead atoms. The molecule has 0 aromatic carbocycles. The van der Waals surface area contributed by atoms with Gasteiger partial charge in [0, 0.05) is 19.0 Å². The maximum absolute atomic E-state index is 13.9. The molecular formula is C15H17F3N4O3S. The zero-order valence-corrected chi connectivity index (χ0v) is 14.6. The molecule has 26 heavy (non-hydrogen) atoms. The third kappa shape index (κ3) is 2.79. The SMILES string of the molecule is N#CC1(CS(=O)(=O)N2CCC(c3nc(C4CC4)no3)(C(F)(F)F)C2)CC1. The summed E-state index contributed by atoms with van der Waals surface area (Å²) in [5.41, 5.74) is -3.45. The van der Waals surface area contributed by atoms with E-state index in [1.807, 2.05) is 6.07 Å². The highest BCUT2D eigenvalue weighted by Crippen LogP contribution is 2.50. The van der Waals surface area contributed by atoms with Crippen molar-refractivity contribution >= 4 is 10.0 Å². The average molecular weight is 390 g/mol. The predicted molar refractivity (Wildman–Crippen MR) is 81.3 cm³/mol. The monoisotopic (exact) mass is 390 g/mol. The van der Waals surface area contributed by atoms with E-state index in [4.69, 9.17) is 9.78 Å². The first-order valence-electron chi connectivity index (χ1n) is 8.41. The van der Waals surface area contributed by atoms with Crippen molar-refractivity contribution in [3.05, 3.63) is 11.7 Å². The van der Waals surface area contributed by atoms with Crippen molar-refractivity contribution in [1.82, 2.24) is 14.4 Å². The second-order valence-corrected chi connectivity index (χ2v) is 9.51. The van der Waals surface area contributed by atoms with Crippen LogP contribution in [0.5, 0.6) is 0 Å². The minimum atomic E-state index is -4.73. The number of halogens is 3. The third-order valence-electron chi connectivity index (χ3n) is 5.51. The topological polar surface area (TPSA) is 100 Å². The van der Waals surface area contributed by atoms with Crippen molar-refractivity contribution in [3.8, 4) is 6.07 Å². The lowest BCUT2D eigenvalue weighted by molar-refractivity contribution is -0.192. The van der Waals surface area contributed by atoms with E-state index >= 15 is 0 Å². The Morgan fingerprint density at radius 3 is 2.54 bits per heavy atom. The standard InChI is InChI=1S/C15H17F3N4O3S/c16-15(17,18)14(12-20-11(21-25-12)10-1-2-10)5-6-22(8-14)26(23,24)9-13(7-19)3-4-13/h10H,1-6,8-9H2. The molecule has 1 aromatic heterocycles. The fraction of sp³-hybridized carbons (Fsp3) is 0.800. The van der Waals surface area contributed by atoms with Gasteiger partial charge >= 0.3 is 6.18 Å². The molecule has 7 nitrogen and oxygen atoms in total. The van der Waals surface area contributed by atoms with Gasteiger partial charge in [0.2, 0.25) is 15.9 Å². The minimum Gasteiger partial charge on any atom is -0.338 e. The lowest BCUT2D eigenvalue weighted by Crippen LogP contribution is -2.46. The van der Waals surface area contributed by atoms with E-state index in [0.717, 1.165) is 17.1 Å². The van der Waals surface area contributed by atoms with Crippen LogP contribution in [0.15, 0.2) is 4.52 Å². The summed E-state index contributed by atoms with van der Waals surface area (Å²) in [6.07, 6.45) is -2.66. The average Bonchev–Trinajstić information content (AvgIpc) is 3.44. The summed E-state index contributed by atoms with van der Waals surface area (Å²) in [7, 11) is -3.98. The van der Waals surface area contributed by atoms with Gasteiger partial charge in [-0.05, 0) is 32.1 Å². The number of sulfonamides is 1. The van der Waals surface area contributed by atoms with Crippen LogP contribution in [-0.4, -0.2) is 47.9 Å². The Hall–Kier alpha value is -1.67. The van der Waals surface area contributed by atoms with E-state index in [1.54, 1.807) is 0 Å². The number of rotatable bonds is 5. The lowest BCUT2D eigenvalue weighted by atomic mass is 9.86. The Morgan fingerprint density at radius 2 is 2.00 bits per heavy atom. The van der Waals surface area contributed by atoms with Gasteiger partial charge in [0.1, 0.15) is 0 Å². The molecule has 1 atom stereocenters. The van der Waals surface area contributed by atoms with Gasteiger partial charge in [-0.3, -0.25) is 0 Å². The molecule has 0 N–H and O–H groups in total.